The second kappa shape index (κ2) is 4.08. The van der Waals surface area contributed by atoms with Gasteiger partial charge in [-0.1, -0.05) is 0 Å². The Kier molecular flexibility index (Phi) is 2.84. The summed E-state index contributed by atoms with van der Waals surface area (Å²) < 4.78 is 38.5. The van der Waals surface area contributed by atoms with Gasteiger partial charge in [-0.25, -0.2) is 9.78 Å². The Hall–Kier alpha value is -1.92. The zero-order chi connectivity index (χ0) is 13.5. The van der Waals surface area contributed by atoms with Gasteiger partial charge in [0.05, 0.1) is 16.8 Å². The van der Waals surface area contributed by atoms with E-state index in [2.05, 4.69) is 4.98 Å². The third-order valence-corrected chi connectivity index (χ3v) is 2.72. The molecule has 0 amide bonds. The molecule has 7 heteroatoms. The third-order valence-electron chi connectivity index (χ3n) is 2.72. The van der Waals surface area contributed by atoms with E-state index < -0.39 is 34.7 Å². The number of carboxylic acids is 1. The van der Waals surface area contributed by atoms with Crippen LogP contribution >= 0.6 is 0 Å². The first kappa shape index (κ1) is 12.5. The number of aromatic carboxylic acids is 1. The van der Waals surface area contributed by atoms with Crippen LogP contribution < -0.4 is 0 Å². The molecule has 0 saturated carbocycles. The average molecular weight is 259 g/mol. The summed E-state index contributed by atoms with van der Waals surface area (Å²) in [6, 6.07) is 0.421. The number of nitrogens with zero attached hydrogens (tertiary/aromatic N) is 1. The molecular formula is C11H8F3NO3. The highest BCUT2D eigenvalue weighted by Crippen LogP contribution is 2.36. The van der Waals surface area contributed by atoms with Crippen molar-refractivity contribution in [2.24, 2.45) is 0 Å². The lowest BCUT2D eigenvalue weighted by molar-refractivity contribution is -0.138. The van der Waals surface area contributed by atoms with E-state index in [0.29, 0.717) is 12.5 Å². The van der Waals surface area contributed by atoms with Crippen molar-refractivity contribution in [1.82, 2.24) is 4.98 Å². The van der Waals surface area contributed by atoms with Crippen LogP contribution in [0.4, 0.5) is 13.2 Å². The van der Waals surface area contributed by atoms with Gasteiger partial charge in [-0.2, -0.15) is 13.2 Å². The lowest BCUT2D eigenvalue weighted by Crippen LogP contribution is -2.22. The molecule has 0 atom stereocenters. The fraction of sp³-hybridized carbons (Fsp3) is 0.364. The van der Waals surface area contributed by atoms with Gasteiger partial charge in [0.1, 0.15) is 5.69 Å². The van der Waals surface area contributed by atoms with Crippen molar-refractivity contribution in [2.75, 3.05) is 0 Å². The predicted octanol–water partition coefficient (Wildman–Crippen LogP) is 2.32. The molecule has 2 rings (SSSR count). The Bertz CT molecular complexity index is 537. The smallest absolute Gasteiger partial charge is 0.417 e. The van der Waals surface area contributed by atoms with Crippen LogP contribution in [0.15, 0.2) is 6.07 Å². The number of aryl methyl sites for hydroxylation is 1. The van der Waals surface area contributed by atoms with E-state index in [1.54, 1.807) is 0 Å². The van der Waals surface area contributed by atoms with Gasteiger partial charge >= 0.3 is 12.1 Å². The highest BCUT2D eigenvalue weighted by atomic mass is 19.4. The summed E-state index contributed by atoms with van der Waals surface area (Å²) in [5.41, 5.74) is -2.43. The summed E-state index contributed by atoms with van der Waals surface area (Å²) in [6.45, 7) is 0. The van der Waals surface area contributed by atoms with E-state index in [9.17, 15) is 22.8 Å². The molecule has 1 N–H and O–H groups in total. The molecule has 1 aliphatic rings. The SMILES string of the molecule is O=C(O)c1cc(C(F)(F)F)c2c(n1)CCCC2=O. The molecule has 0 saturated heterocycles. The van der Waals surface area contributed by atoms with Gasteiger partial charge in [-0.05, 0) is 18.9 Å². The van der Waals surface area contributed by atoms with Gasteiger partial charge in [0.15, 0.2) is 5.78 Å². The van der Waals surface area contributed by atoms with Crippen LogP contribution in [0.5, 0.6) is 0 Å². The van der Waals surface area contributed by atoms with E-state index >= 15 is 0 Å². The molecule has 96 valence electrons. The second-order valence-corrected chi connectivity index (χ2v) is 3.96. The lowest BCUT2D eigenvalue weighted by atomic mass is 9.90. The first-order valence-corrected chi connectivity index (χ1v) is 5.18. The normalized spacial score (nSPS) is 15.4. The number of hydrogen-bond donors (Lipinski definition) is 1. The maximum absolute atomic E-state index is 12.8. The highest BCUT2D eigenvalue weighted by molar-refractivity contribution is 6.00. The van der Waals surface area contributed by atoms with E-state index in [0.717, 1.165) is 0 Å². The van der Waals surface area contributed by atoms with Gasteiger partial charge in [0, 0.05) is 6.42 Å². The van der Waals surface area contributed by atoms with Gasteiger partial charge in [-0.3, -0.25) is 4.79 Å². The fourth-order valence-electron chi connectivity index (χ4n) is 1.96. The van der Waals surface area contributed by atoms with Crippen molar-refractivity contribution in [1.29, 1.82) is 0 Å². The van der Waals surface area contributed by atoms with Crippen LogP contribution in [-0.4, -0.2) is 21.8 Å². The molecule has 0 unspecified atom stereocenters. The van der Waals surface area contributed by atoms with Crippen LogP contribution in [0.2, 0.25) is 0 Å². The number of hydrogen-bond acceptors (Lipinski definition) is 3. The number of fused-ring (bicyclic) bond motifs is 1. The Balaban J connectivity index is 2.72. The minimum Gasteiger partial charge on any atom is -0.477 e. The van der Waals surface area contributed by atoms with Crippen LogP contribution in [-0.2, 0) is 12.6 Å². The van der Waals surface area contributed by atoms with Crippen molar-refractivity contribution < 1.29 is 27.9 Å². The third kappa shape index (κ3) is 2.07. The Morgan fingerprint density at radius 1 is 1.33 bits per heavy atom. The quantitative estimate of drug-likeness (QED) is 0.840. The lowest BCUT2D eigenvalue weighted by Gasteiger charge is -2.19. The molecule has 1 aliphatic carbocycles. The van der Waals surface area contributed by atoms with Gasteiger partial charge in [0.2, 0.25) is 0 Å². The van der Waals surface area contributed by atoms with Crippen molar-refractivity contribution in [3.05, 3.63) is 28.6 Å². The van der Waals surface area contributed by atoms with E-state index in [4.69, 9.17) is 5.11 Å². The topological polar surface area (TPSA) is 67.3 Å². The number of halogens is 3. The molecule has 0 aliphatic heterocycles. The van der Waals surface area contributed by atoms with Crippen molar-refractivity contribution in [2.45, 2.75) is 25.4 Å². The van der Waals surface area contributed by atoms with Gasteiger partial charge in [0.25, 0.3) is 0 Å². The zero-order valence-electron chi connectivity index (χ0n) is 9.04. The first-order chi connectivity index (χ1) is 8.30. The minimum absolute atomic E-state index is 0.0319. The summed E-state index contributed by atoms with van der Waals surface area (Å²) in [5.74, 6) is -2.17. The monoisotopic (exact) mass is 259 g/mol. The molecule has 18 heavy (non-hydrogen) atoms. The fourth-order valence-corrected chi connectivity index (χ4v) is 1.96. The molecule has 1 aromatic heterocycles. The average Bonchev–Trinajstić information content (AvgIpc) is 2.26. The number of ketones is 1. The number of Topliss-reactive ketones (excluding diaryl/α,β-unsaturated/α-hetero) is 1. The number of carbonyl (C=O) groups is 2. The Morgan fingerprint density at radius 2 is 2.00 bits per heavy atom. The van der Waals surface area contributed by atoms with Gasteiger partial charge < -0.3 is 5.11 Å². The molecule has 1 heterocycles. The summed E-state index contributed by atoms with van der Waals surface area (Å²) in [7, 11) is 0. The highest BCUT2D eigenvalue weighted by Gasteiger charge is 2.39. The zero-order valence-corrected chi connectivity index (χ0v) is 9.04. The molecule has 0 fully saturated rings. The maximum atomic E-state index is 12.8. The number of alkyl halides is 3. The minimum atomic E-state index is -4.76. The number of carboxylic acid groups (broad SMARTS) is 1. The van der Waals surface area contributed by atoms with Crippen LogP contribution in [0, 0.1) is 0 Å². The molecule has 0 bridgehead atoms. The standard InChI is InChI=1S/C11H8F3NO3/c12-11(13,14)5-4-7(10(17)18)15-6-2-1-3-8(16)9(5)6/h4H,1-3H2,(H,17,18). The van der Waals surface area contributed by atoms with Crippen LogP contribution in [0.1, 0.15) is 44.9 Å². The molecular weight excluding hydrogens is 251 g/mol. The molecule has 4 nitrogen and oxygen atoms in total. The summed E-state index contributed by atoms with van der Waals surface area (Å²) in [6.07, 6.45) is -4.15. The molecule has 0 spiro atoms. The Labute approximate surface area is 99.4 Å². The largest absolute Gasteiger partial charge is 0.477 e. The maximum Gasteiger partial charge on any atom is 0.417 e. The number of carbonyl (C=O) groups excluding carboxylic acids is 1. The van der Waals surface area contributed by atoms with Crippen molar-refractivity contribution in [3.63, 3.8) is 0 Å². The number of pyridine rings is 1. The van der Waals surface area contributed by atoms with E-state index in [-0.39, 0.29) is 18.5 Å². The van der Waals surface area contributed by atoms with E-state index in [1.165, 1.54) is 0 Å². The van der Waals surface area contributed by atoms with Crippen molar-refractivity contribution in [3.8, 4) is 0 Å². The second-order valence-electron chi connectivity index (χ2n) is 3.96. The van der Waals surface area contributed by atoms with Crippen LogP contribution in [0.25, 0.3) is 0 Å². The van der Waals surface area contributed by atoms with Gasteiger partial charge in [-0.15, -0.1) is 0 Å². The van der Waals surface area contributed by atoms with Crippen LogP contribution in [0.3, 0.4) is 0 Å². The molecule has 0 aromatic carbocycles. The predicted molar refractivity (Wildman–Crippen MR) is 53.5 cm³/mol. The number of rotatable bonds is 1. The van der Waals surface area contributed by atoms with E-state index in [1.807, 2.05) is 0 Å². The summed E-state index contributed by atoms with van der Waals surface area (Å²) in [5, 5.41) is 8.73. The number of aromatic nitrogens is 1. The van der Waals surface area contributed by atoms with Crippen molar-refractivity contribution >= 4 is 11.8 Å². The summed E-state index contributed by atoms with van der Waals surface area (Å²) >= 11 is 0. The molecule has 1 aromatic rings. The molecule has 0 radical (unpaired) electrons. The summed E-state index contributed by atoms with van der Waals surface area (Å²) in [4.78, 5) is 25.9. The first-order valence-electron chi connectivity index (χ1n) is 5.18. The Morgan fingerprint density at radius 3 is 2.56 bits per heavy atom.